The second kappa shape index (κ2) is 9.77. The van der Waals surface area contributed by atoms with E-state index in [1.165, 1.54) is 6.92 Å². The van der Waals surface area contributed by atoms with Crippen LogP contribution in [-0.4, -0.2) is 45.7 Å². The number of carbonyl (C=O) groups excluding carboxylic acids is 3. The molecule has 0 radical (unpaired) electrons. The largest absolute Gasteiger partial charge is 0.356 e. The second-order valence-corrected chi connectivity index (χ2v) is 7.03. The summed E-state index contributed by atoms with van der Waals surface area (Å²) >= 11 is 0. The van der Waals surface area contributed by atoms with Crippen molar-refractivity contribution in [1.82, 2.24) is 25.5 Å². The van der Waals surface area contributed by atoms with Crippen LogP contribution in [0.4, 0.5) is 0 Å². The molecule has 0 atom stereocenters. The molecule has 0 fully saturated rings. The molecule has 29 heavy (non-hydrogen) atoms. The molecule has 152 valence electrons. The van der Waals surface area contributed by atoms with Gasteiger partial charge in [-0.2, -0.15) is 0 Å². The summed E-state index contributed by atoms with van der Waals surface area (Å²) in [6.07, 6.45) is 6.67. The Hall–Kier alpha value is -3.29. The highest BCUT2D eigenvalue weighted by atomic mass is 16.2. The van der Waals surface area contributed by atoms with Crippen molar-refractivity contribution in [3.8, 4) is 0 Å². The number of rotatable bonds is 7. The Balaban J connectivity index is 1.53. The van der Waals surface area contributed by atoms with Gasteiger partial charge in [0.05, 0.1) is 0 Å². The van der Waals surface area contributed by atoms with Crippen LogP contribution in [0.15, 0.2) is 36.8 Å². The molecule has 8 heteroatoms. The van der Waals surface area contributed by atoms with E-state index in [4.69, 9.17) is 0 Å². The van der Waals surface area contributed by atoms with Crippen LogP contribution in [-0.2, 0) is 29.1 Å². The summed E-state index contributed by atoms with van der Waals surface area (Å²) in [5.41, 5.74) is 3.53. The number of nitrogens with zero attached hydrogens (tertiary/aromatic N) is 3. The fourth-order valence-corrected chi connectivity index (χ4v) is 3.23. The molecule has 0 aromatic carbocycles. The molecule has 2 aromatic rings. The summed E-state index contributed by atoms with van der Waals surface area (Å²) in [7, 11) is 0. The number of carbonyl (C=O) groups is 3. The van der Waals surface area contributed by atoms with Crippen molar-refractivity contribution in [1.29, 1.82) is 0 Å². The number of hydrogen-bond acceptors (Lipinski definition) is 5. The molecule has 0 saturated heterocycles. The zero-order valence-corrected chi connectivity index (χ0v) is 16.5. The van der Waals surface area contributed by atoms with Crippen LogP contribution in [0.3, 0.4) is 0 Å². The lowest BCUT2D eigenvalue weighted by Gasteiger charge is -2.28. The van der Waals surface area contributed by atoms with E-state index in [2.05, 4.69) is 20.6 Å². The first-order chi connectivity index (χ1) is 14.0. The molecular weight excluding hydrogens is 370 g/mol. The summed E-state index contributed by atoms with van der Waals surface area (Å²) in [6.45, 7) is 3.46. The molecule has 0 spiro atoms. The maximum atomic E-state index is 12.7. The number of hydrogen-bond donors (Lipinski definition) is 2. The molecule has 8 nitrogen and oxygen atoms in total. The van der Waals surface area contributed by atoms with Crippen LogP contribution in [0.1, 0.15) is 46.9 Å². The minimum absolute atomic E-state index is 0.0177. The SMILES string of the molecule is CC(=O)NCCCC(=O)NCc1cnc2c(c1)CN(C(=O)c1ccncc1)CC2. The standard InChI is InChI=1S/C21H25N5O3/c1-15(27)23-7-2-3-20(28)25-13-16-11-18-14-26(10-6-19(18)24-12-16)21(29)17-4-8-22-9-5-17/h4-5,8-9,11-12H,2-3,6-7,10,13-14H2,1H3,(H,23,27)(H,25,28). The van der Waals surface area contributed by atoms with Crippen molar-refractivity contribution in [2.75, 3.05) is 13.1 Å². The van der Waals surface area contributed by atoms with Gasteiger partial charge in [-0.15, -0.1) is 0 Å². The highest BCUT2D eigenvalue weighted by Gasteiger charge is 2.22. The molecule has 3 rings (SSSR count). The van der Waals surface area contributed by atoms with Gasteiger partial charge >= 0.3 is 0 Å². The van der Waals surface area contributed by atoms with Gasteiger partial charge in [-0.25, -0.2) is 0 Å². The van der Waals surface area contributed by atoms with Crippen LogP contribution < -0.4 is 10.6 Å². The molecule has 2 N–H and O–H groups in total. The van der Waals surface area contributed by atoms with Crippen LogP contribution in [0.5, 0.6) is 0 Å². The monoisotopic (exact) mass is 395 g/mol. The normalized spacial score (nSPS) is 12.8. The number of pyridine rings is 2. The summed E-state index contributed by atoms with van der Waals surface area (Å²) in [6, 6.07) is 5.44. The van der Waals surface area contributed by atoms with Gasteiger partial charge in [0.15, 0.2) is 0 Å². The van der Waals surface area contributed by atoms with Gasteiger partial charge in [-0.05, 0) is 35.7 Å². The summed E-state index contributed by atoms with van der Waals surface area (Å²) in [5.74, 6) is -0.180. The predicted molar refractivity (Wildman–Crippen MR) is 107 cm³/mol. The van der Waals surface area contributed by atoms with Crippen molar-refractivity contribution < 1.29 is 14.4 Å². The zero-order chi connectivity index (χ0) is 20.6. The summed E-state index contributed by atoms with van der Waals surface area (Å²) in [4.78, 5) is 45.7. The minimum atomic E-state index is -0.0954. The maximum Gasteiger partial charge on any atom is 0.254 e. The van der Waals surface area contributed by atoms with E-state index >= 15 is 0 Å². The zero-order valence-electron chi connectivity index (χ0n) is 16.5. The molecule has 3 heterocycles. The van der Waals surface area contributed by atoms with E-state index in [0.29, 0.717) is 51.0 Å². The van der Waals surface area contributed by atoms with Crippen molar-refractivity contribution in [3.63, 3.8) is 0 Å². The predicted octanol–water partition coefficient (Wildman–Crippen LogP) is 1.21. The van der Waals surface area contributed by atoms with Crippen LogP contribution >= 0.6 is 0 Å². The first kappa shape index (κ1) is 20.4. The number of fused-ring (bicyclic) bond motifs is 1. The molecule has 0 bridgehead atoms. The van der Waals surface area contributed by atoms with E-state index < -0.39 is 0 Å². The number of aromatic nitrogens is 2. The Kier molecular flexibility index (Phi) is 6.89. The fourth-order valence-electron chi connectivity index (χ4n) is 3.23. The van der Waals surface area contributed by atoms with Crippen molar-refractivity contribution in [3.05, 3.63) is 59.2 Å². The van der Waals surface area contributed by atoms with Crippen LogP contribution in [0.2, 0.25) is 0 Å². The summed E-state index contributed by atoms with van der Waals surface area (Å²) < 4.78 is 0. The topological polar surface area (TPSA) is 104 Å². The number of amides is 3. The average molecular weight is 395 g/mol. The lowest BCUT2D eigenvalue weighted by molar-refractivity contribution is -0.122. The maximum absolute atomic E-state index is 12.7. The first-order valence-corrected chi connectivity index (χ1v) is 9.70. The average Bonchev–Trinajstić information content (AvgIpc) is 2.74. The van der Waals surface area contributed by atoms with Gasteiger partial charge in [0, 0.05) is 75.8 Å². The highest BCUT2D eigenvalue weighted by molar-refractivity contribution is 5.94. The molecule has 0 aliphatic carbocycles. The third-order valence-electron chi connectivity index (χ3n) is 4.75. The molecule has 0 saturated carbocycles. The molecule has 1 aliphatic heterocycles. The Morgan fingerprint density at radius 1 is 1.17 bits per heavy atom. The first-order valence-electron chi connectivity index (χ1n) is 9.70. The van der Waals surface area contributed by atoms with E-state index in [1.54, 1.807) is 30.7 Å². The molecule has 3 amide bonds. The van der Waals surface area contributed by atoms with Crippen molar-refractivity contribution in [2.24, 2.45) is 0 Å². The second-order valence-electron chi connectivity index (χ2n) is 7.03. The van der Waals surface area contributed by atoms with Gasteiger partial charge in [-0.3, -0.25) is 24.4 Å². The molecular formula is C21H25N5O3. The highest BCUT2D eigenvalue weighted by Crippen LogP contribution is 2.20. The van der Waals surface area contributed by atoms with Gasteiger partial charge in [-0.1, -0.05) is 0 Å². The molecule has 2 aromatic heterocycles. The Morgan fingerprint density at radius 2 is 1.97 bits per heavy atom. The Morgan fingerprint density at radius 3 is 2.72 bits per heavy atom. The van der Waals surface area contributed by atoms with Gasteiger partial charge < -0.3 is 15.5 Å². The van der Waals surface area contributed by atoms with E-state index in [-0.39, 0.29) is 17.7 Å². The smallest absolute Gasteiger partial charge is 0.254 e. The molecule has 0 unspecified atom stereocenters. The van der Waals surface area contributed by atoms with E-state index in [9.17, 15) is 14.4 Å². The third kappa shape index (κ3) is 5.84. The van der Waals surface area contributed by atoms with E-state index in [1.807, 2.05) is 11.0 Å². The van der Waals surface area contributed by atoms with Gasteiger partial charge in [0.1, 0.15) is 0 Å². The van der Waals surface area contributed by atoms with Gasteiger partial charge in [0.25, 0.3) is 5.91 Å². The fraction of sp³-hybridized carbons (Fsp3) is 0.381. The Labute approximate surface area is 169 Å². The quantitative estimate of drug-likeness (QED) is 0.686. The van der Waals surface area contributed by atoms with E-state index in [0.717, 1.165) is 16.8 Å². The van der Waals surface area contributed by atoms with Crippen molar-refractivity contribution >= 4 is 17.7 Å². The van der Waals surface area contributed by atoms with Crippen molar-refractivity contribution in [2.45, 2.75) is 39.3 Å². The third-order valence-corrected chi connectivity index (χ3v) is 4.75. The van der Waals surface area contributed by atoms with Gasteiger partial charge in [0.2, 0.25) is 11.8 Å². The lowest BCUT2D eigenvalue weighted by atomic mass is 10.0. The van der Waals surface area contributed by atoms with Crippen LogP contribution in [0.25, 0.3) is 0 Å². The van der Waals surface area contributed by atoms with Crippen LogP contribution in [0, 0.1) is 0 Å². The summed E-state index contributed by atoms with van der Waals surface area (Å²) in [5, 5.41) is 5.54. The minimum Gasteiger partial charge on any atom is -0.356 e. The number of nitrogens with one attached hydrogen (secondary N) is 2. The Bertz CT molecular complexity index is 885. The lowest BCUT2D eigenvalue weighted by Crippen LogP contribution is -2.36. The molecule has 1 aliphatic rings.